The predicted molar refractivity (Wildman–Crippen MR) is 70.7 cm³/mol. The Morgan fingerprint density at radius 3 is 2.80 bits per heavy atom. The van der Waals surface area contributed by atoms with Gasteiger partial charge in [0.2, 0.25) is 5.91 Å². The number of hydrazine groups is 1. The lowest BCUT2D eigenvalue weighted by molar-refractivity contribution is -0.126. The lowest BCUT2D eigenvalue weighted by Gasteiger charge is -2.30. The van der Waals surface area contributed by atoms with Crippen molar-refractivity contribution in [2.75, 3.05) is 0 Å². The van der Waals surface area contributed by atoms with E-state index in [0.29, 0.717) is 11.7 Å². The van der Waals surface area contributed by atoms with Crippen LogP contribution in [0.3, 0.4) is 0 Å². The van der Waals surface area contributed by atoms with E-state index >= 15 is 0 Å². The number of amides is 1. The third-order valence-corrected chi connectivity index (χ3v) is 4.36. The quantitative estimate of drug-likeness (QED) is 0.436. The zero-order valence-electron chi connectivity index (χ0n) is 11.1. The Labute approximate surface area is 116 Å². The molecule has 0 bridgehead atoms. The fourth-order valence-electron chi connectivity index (χ4n) is 3.23. The first-order valence-corrected chi connectivity index (χ1v) is 6.91. The number of hydroxylamine groups is 1. The summed E-state index contributed by atoms with van der Waals surface area (Å²) < 4.78 is 13.1. The van der Waals surface area contributed by atoms with Gasteiger partial charge in [-0.05, 0) is 37.7 Å². The zero-order chi connectivity index (χ0) is 14.1. The highest BCUT2D eigenvalue weighted by Crippen LogP contribution is 2.42. The van der Waals surface area contributed by atoms with Gasteiger partial charge >= 0.3 is 0 Å². The number of nitrogens with one attached hydrogen (secondary N) is 2. The van der Waals surface area contributed by atoms with Crippen molar-refractivity contribution in [3.8, 4) is 5.75 Å². The van der Waals surface area contributed by atoms with Crippen molar-refractivity contribution in [3.63, 3.8) is 0 Å². The number of rotatable bonds is 2. The zero-order valence-corrected chi connectivity index (χ0v) is 11.1. The molecule has 4 N–H and O–H groups in total. The van der Waals surface area contributed by atoms with Crippen molar-refractivity contribution in [3.05, 3.63) is 29.6 Å². The fraction of sp³-hybridized carbons (Fsp3) is 0.500. The summed E-state index contributed by atoms with van der Waals surface area (Å²) in [5.74, 6) is 5.76. The SMILES string of the molecule is NNC(=O)[C@H]1CC[C@H](C2NOc3cc(F)ccc32)CC1. The van der Waals surface area contributed by atoms with Crippen molar-refractivity contribution in [2.24, 2.45) is 17.7 Å². The standard InChI is InChI=1S/C14H18FN3O2/c15-10-5-6-11-12(7-10)20-18-13(11)8-1-3-9(4-2-8)14(19)17-16/h5-9,13,18H,1-4,16H2,(H,17,19)/t8-,9-,13?. The molecule has 1 amide bonds. The van der Waals surface area contributed by atoms with Crippen LogP contribution < -0.4 is 21.6 Å². The molecular weight excluding hydrogens is 261 g/mol. The largest absolute Gasteiger partial charge is 0.408 e. The number of halogens is 1. The highest BCUT2D eigenvalue weighted by Gasteiger charge is 2.35. The molecular formula is C14H18FN3O2. The average Bonchev–Trinajstić information content (AvgIpc) is 2.89. The molecule has 1 unspecified atom stereocenters. The Kier molecular flexibility index (Phi) is 3.58. The van der Waals surface area contributed by atoms with Crippen LogP contribution in [0.1, 0.15) is 37.3 Å². The predicted octanol–water partition coefficient (Wildman–Crippen LogP) is 1.56. The second kappa shape index (κ2) is 5.38. The Morgan fingerprint density at radius 2 is 2.10 bits per heavy atom. The molecule has 1 heterocycles. The molecule has 3 rings (SSSR count). The first kappa shape index (κ1) is 13.3. The van der Waals surface area contributed by atoms with Gasteiger partial charge in [0, 0.05) is 17.5 Å². The highest BCUT2D eigenvalue weighted by molar-refractivity contribution is 5.78. The van der Waals surface area contributed by atoms with Crippen LogP contribution in [-0.2, 0) is 4.79 Å². The van der Waals surface area contributed by atoms with Gasteiger partial charge < -0.3 is 4.84 Å². The molecule has 0 radical (unpaired) electrons. The minimum Gasteiger partial charge on any atom is -0.408 e. The molecule has 0 spiro atoms. The summed E-state index contributed by atoms with van der Waals surface area (Å²) in [4.78, 5) is 16.9. The summed E-state index contributed by atoms with van der Waals surface area (Å²) in [7, 11) is 0. The van der Waals surface area contributed by atoms with Crippen LogP contribution in [0.4, 0.5) is 4.39 Å². The van der Waals surface area contributed by atoms with E-state index in [1.807, 2.05) is 0 Å². The van der Waals surface area contributed by atoms with Crippen LogP contribution in [0.25, 0.3) is 0 Å². The second-order valence-electron chi connectivity index (χ2n) is 5.50. The maximum atomic E-state index is 13.1. The molecule has 1 saturated carbocycles. The number of hydrogen-bond donors (Lipinski definition) is 3. The first-order valence-electron chi connectivity index (χ1n) is 6.91. The molecule has 1 fully saturated rings. The Hall–Kier alpha value is -1.66. The van der Waals surface area contributed by atoms with Gasteiger partial charge in [-0.1, -0.05) is 6.07 Å². The van der Waals surface area contributed by atoms with E-state index < -0.39 is 0 Å². The van der Waals surface area contributed by atoms with Gasteiger partial charge in [-0.3, -0.25) is 10.2 Å². The maximum absolute atomic E-state index is 13.1. The van der Waals surface area contributed by atoms with E-state index in [-0.39, 0.29) is 23.7 Å². The fourth-order valence-corrected chi connectivity index (χ4v) is 3.23. The number of fused-ring (bicyclic) bond motifs is 1. The summed E-state index contributed by atoms with van der Waals surface area (Å²) in [6, 6.07) is 4.70. The van der Waals surface area contributed by atoms with E-state index in [2.05, 4.69) is 10.9 Å². The Morgan fingerprint density at radius 1 is 1.35 bits per heavy atom. The molecule has 20 heavy (non-hydrogen) atoms. The van der Waals surface area contributed by atoms with E-state index in [9.17, 15) is 9.18 Å². The third kappa shape index (κ3) is 2.36. The van der Waals surface area contributed by atoms with Gasteiger partial charge in [-0.15, -0.1) is 5.48 Å². The van der Waals surface area contributed by atoms with E-state index in [4.69, 9.17) is 10.7 Å². The van der Waals surface area contributed by atoms with Crippen molar-refractivity contribution >= 4 is 5.91 Å². The summed E-state index contributed by atoms with van der Waals surface area (Å²) in [5, 5.41) is 0. The second-order valence-corrected chi connectivity index (χ2v) is 5.50. The van der Waals surface area contributed by atoms with Gasteiger partial charge in [0.15, 0.2) is 5.75 Å². The van der Waals surface area contributed by atoms with Gasteiger partial charge in [0.25, 0.3) is 0 Å². The summed E-state index contributed by atoms with van der Waals surface area (Å²) >= 11 is 0. The molecule has 1 atom stereocenters. The number of benzene rings is 1. The first-order chi connectivity index (χ1) is 9.69. The maximum Gasteiger partial charge on any atom is 0.236 e. The Balaban J connectivity index is 1.67. The molecule has 1 aromatic rings. The van der Waals surface area contributed by atoms with Crippen molar-refractivity contribution in [2.45, 2.75) is 31.7 Å². The smallest absolute Gasteiger partial charge is 0.236 e. The van der Waals surface area contributed by atoms with Crippen molar-refractivity contribution in [1.29, 1.82) is 0 Å². The van der Waals surface area contributed by atoms with Crippen LogP contribution in [0.15, 0.2) is 18.2 Å². The molecule has 6 heteroatoms. The number of carbonyl (C=O) groups is 1. The molecule has 1 aromatic carbocycles. The lowest BCUT2D eigenvalue weighted by atomic mass is 9.77. The van der Waals surface area contributed by atoms with Gasteiger partial charge in [-0.2, -0.15) is 0 Å². The van der Waals surface area contributed by atoms with Gasteiger partial charge in [-0.25, -0.2) is 10.2 Å². The number of carbonyl (C=O) groups excluding carboxylic acids is 1. The summed E-state index contributed by atoms with van der Waals surface area (Å²) in [6.07, 6.45) is 3.50. The topological polar surface area (TPSA) is 76.4 Å². The van der Waals surface area contributed by atoms with Crippen LogP contribution in [-0.4, -0.2) is 5.91 Å². The van der Waals surface area contributed by atoms with Gasteiger partial charge in [0.1, 0.15) is 5.82 Å². The molecule has 0 saturated heterocycles. The van der Waals surface area contributed by atoms with Crippen molar-refractivity contribution in [1.82, 2.24) is 10.9 Å². The number of hydrogen-bond acceptors (Lipinski definition) is 4. The average molecular weight is 279 g/mol. The minimum atomic E-state index is -0.297. The van der Waals surface area contributed by atoms with Crippen LogP contribution in [0, 0.1) is 17.7 Å². The summed E-state index contributed by atoms with van der Waals surface area (Å²) in [6.45, 7) is 0. The summed E-state index contributed by atoms with van der Waals surface area (Å²) in [5.41, 5.74) is 6.20. The monoisotopic (exact) mass is 279 g/mol. The van der Waals surface area contributed by atoms with Crippen LogP contribution in [0.5, 0.6) is 5.75 Å². The van der Waals surface area contributed by atoms with E-state index in [1.165, 1.54) is 12.1 Å². The highest BCUT2D eigenvalue weighted by atomic mass is 19.1. The van der Waals surface area contributed by atoms with Crippen LogP contribution in [0.2, 0.25) is 0 Å². The Bertz CT molecular complexity index is 515. The van der Waals surface area contributed by atoms with Crippen molar-refractivity contribution < 1.29 is 14.0 Å². The third-order valence-electron chi connectivity index (χ3n) is 4.36. The molecule has 5 nitrogen and oxygen atoms in total. The minimum absolute atomic E-state index is 0.00580. The lowest BCUT2D eigenvalue weighted by Crippen LogP contribution is -2.38. The van der Waals surface area contributed by atoms with E-state index in [0.717, 1.165) is 31.2 Å². The van der Waals surface area contributed by atoms with Crippen LogP contribution >= 0.6 is 0 Å². The van der Waals surface area contributed by atoms with Gasteiger partial charge in [0.05, 0.1) is 6.04 Å². The molecule has 1 aliphatic heterocycles. The van der Waals surface area contributed by atoms with E-state index in [1.54, 1.807) is 6.07 Å². The molecule has 1 aliphatic carbocycles. The number of nitrogens with two attached hydrogens (primary N) is 1. The normalized spacial score (nSPS) is 28.6. The molecule has 0 aromatic heterocycles. The molecule has 108 valence electrons. The molecule has 2 aliphatic rings.